The first-order valence-electron chi connectivity index (χ1n) is 5.56. The van der Waals surface area contributed by atoms with Crippen LogP contribution in [0, 0.1) is 19.3 Å². The van der Waals surface area contributed by atoms with Crippen molar-refractivity contribution in [1.82, 2.24) is 0 Å². The second kappa shape index (κ2) is 6.51. The molecule has 0 aromatic rings. The fraction of sp³-hybridized carbons (Fsp3) is 0.833. The molecule has 1 unspecified atom stereocenters. The molecular formula is C12H22. The van der Waals surface area contributed by atoms with Crippen LogP contribution in [0.2, 0.25) is 0 Å². The van der Waals surface area contributed by atoms with Crippen molar-refractivity contribution in [3.8, 4) is 0 Å². The van der Waals surface area contributed by atoms with Crippen molar-refractivity contribution in [2.24, 2.45) is 5.92 Å². The van der Waals surface area contributed by atoms with Gasteiger partial charge in [-0.25, -0.2) is 0 Å². The predicted octanol–water partition coefficient (Wildman–Crippen LogP) is 4.17. The minimum absolute atomic E-state index is 0.944. The fourth-order valence-corrected chi connectivity index (χ4v) is 2.04. The minimum atomic E-state index is 0.944. The van der Waals surface area contributed by atoms with E-state index in [0.29, 0.717) is 0 Å². The van der Waals surface area contributed by atoms with Crippen LogP contribution in [-0.2, 0) is 0 Å². The lowest BCUT2D eigenvalue weighted by Gasteiger charge is -2.12. The Morgan fingerprint density at radius 2 is 2.08 bits per heavy atom. The minimum Gasteiger partial charge on any atom is -0.0533 e. The molecule has 0 nitrogen and oxygen atoms in total. The van der Waals surface area contributed by atoms with Crippen LogP contribution in [0.15, 0.2) is 0 Å². The Labute approximate surface area is 77.7 Å². The number of unbranched alkanes of at least 4 members (excludes halogenated alkanes) is 2. The molecule has 0 aliphatic heterocycles. The van der Waals surface area contributed by atoms with E-state index >= 15 is 0 Å². The zero-order chi connectivity index (χ0) is 8.65. The molecule has 0 aromatic heterocycles. The SMILES string of the molecule is [CH2]CCCCC1[CH]CCCCC1. The van der Waals surface area contributed by atoms with Crippen LogP contribution in [-0.4, -0.2) is 0 Å². The number of hydrogen-bond donors (Lipinski definition) is 0. The predicted molar refractivity (Wildman–Crippen MR) is 54.7 cm³/mol. The summed E-state index contributed by atoms with van der Waals surface area (Å²) < 4.78 is 0. The van der Waals surface area contributed by atoms with Crippen molar-refractivity contribution in [3.05, 3.63) is 13.3 Å². The van der Waals surface area contributed by atoms with E-state index in [1.165, 1.54) is 51.4 Å². The molecule has 0 heterocycles. The molecule has 70 valence electrons. The van der Waals surface area contributed by atoms with Gasteiger partial charge in [-0.2, -0.15) is 0 Å². The molecule has 0 aromatic carbocycles. The van der Waals surface area contributed by atoms with Crippen LogP contribution >= 0.6 is 0 Å². The van der Waals surface area contributed by atoms with Crippen molar-refractivity contribution < 1.29 is 0 Å². The zero-order valence-electron chi connectivity index (χ0n) is 8.23. The Morgan fingerprint density at radius 3 is 2.92 bits per heavy atom. The third kappa shape index (κ3) is 4.13. The van der Waals surface area contributed by atoms with Gasteiger partial charge < -0.3 is 0 Å². The van der Waals surface area contributed by atoms with Crippen molar-refractivity contribution in [3.63, 3.8) is 0 Å². The van der Waals surface area contributed by atoms with E-state index < -0.39 is 0 Å². The molecule has 1 fully saturated rings. The molecule has 12 heavy (non-hydrogen) atoms. The van der Waals surface area contributed by atoms with E-state index in [4.69, 9.17) is 0 Å². The van der Waals surface area contributed by atoms with Gasteiger partial charge in [-0.15, -0.1) is 0 Å². The summed E-state index contributed by atoms with van der Waals surface area (Å²) in [6.45, 7) is 3.88. The molecule has 0 bridgehead atoms. The zero-order valence-corrected chi connectivity index (χ0v) is 8.23. The maximum absolute atomic E-state index is 3.88. The van der Waals surface area contributed by atoms with Gasteiger partial charge in [0.05, 0.1) is 0 Å². The first-order valence-corrected chi connectivity index (χ1v) is 5.56. The van der Waals surface area contributed by atoms with Gasteiger partial charge in [0.2, 0.25) is 0 Å². The van der Waals surface area contributed by atoms with Crippen LogP contribution in [0.3, 0.4) is 0 Å². The summed E-state index contributed by atoms with van der Waals surface area (Å²) in [5.74, 6) is 0.944. The monoisotopic (exact) mass is 166 g/mol. The van der Waals surface area contributed by atoms with E-state index in [9.17, 15) is 0 Å². The Morgan fingerprint density at radius 1 is 1.17 bits per heavy atom. The summed E-state index contributed by atoms with van der Waals surface area (Å²) in [5, 5.41) is 0. The normalized spacial score (nSPS) is 20.8. The van der Waals surface area contributed by atoms with Crippen LogP contribution < -0.4 is 0 Å². The largest absolute Gasteiger partial charge is 0.0533 e. The maximum Gasteiger partial charge on any atom is -0.0355 e. The lowest BCUT2D eigenvalue weighted by Crippen LogP contribution is -1.98. The second-order valence-corrected chi connectivity index (χ2v) is 3.98. The molecular weight excluding hydrogens is 144 g/mol. The first-order chi connectivity index (χ1) is 5.93. The Bertz CT molecular complexity index is 88.2. The number of hydrogen-bond acceptors (Lipinski definition) is 0. The highest BCUT2D eigenvalue weighted by atomic mass is 14.2. The van der Waals surface area contributed by atoms with E-state index in [-0.39, 0.29) is 0 Å². The Balaban J connectivity index is 2.04. The van der Waals surface area contributed by atoms with Gasteiger partial charge in [0, 0.05) is 0 Å². The second-order valence-electron chi connectivity index (χ2n) is 3.98. The highest BCUT2D eigenvalue weighted by Crippen LogP contribution is 2.26. The molecule has 1 rings (SSSR count). The first kappa shape index (κ1) is 10.1. The smallest absolute Gasteiger partial charge is 0.0355 e. The van der Waals surface area contributed by atoms with Gasteiger partial charge in [0.1, 0.15) is 0 Å². The van der Waals surface area contributed by atoms with E-state index in [1.54, 1.807) is 0 Å². The maximum atomic E-state index is 3.88. The van der Waals surface area contributed by atoms with Gasteiger partial charge in [-0.3, -0.25) is 0 Å². The lowest BCUT2D eigenvalue weighted by atomic mass is 9.94. The summed E-state index contributed by atoms with van der Waals surface area (Å²) in [6, 6.07) is 0. The summed E-state index contributed by atoms with van der Waals surface area (Å²) in [5.41, 5.74) is 0. The third-order valence-corrected chi connectivity index (χ3v) is 2.85. The van der Waals surface area contributed by atoms with Crippen molar-refractivity contribution in [1.29, 1.82) is 0 Å². The molecule has 2 radical (unpaired) electrons. The molecule has 1 saturated carbocycles. The standard InChI is InChI=1S/C12H22/c1-2-3-6-9-12-10-7-4-5-8-11-12/h10,12H,1-9,11H2. The van der Waals surface area contributed by atoms with Crippen molar-refractivity contribution in [2.45, 2.75) is 57.8 Å². The molecule has 0 amide bonds. The summed E-state index contributed by atoms with van der Waals surface area (Å²) in [6.07, 6.45) is 15.0. The van der Waals surface area contributed by atoms with Gasteiger partial charge in [-0.1, -0.05) is 58.3 Å². The Kier molecular flexibility index (Phi) is 5.47. The van der Waals surface area contributed by atoms with Crippen LogP contribution in [0.1, 0.15) is 57.8 Å². The molecule has 0 saturated heterocycles. The van der Waals surface area contributed by atoms with E-state index in [1.807, 2.05) is 0 Å². The molecule has 1 aliphatic carbocycles. The molecule has 0 N–H and O–H groups in total. The van der Waals surface area contributed by atoms with Crippen molar-refractivity contribution >= 4 is 0 Å². The quantitative estimate of drug-likeness (QED) is 0.434. The highest BCUT2D eigenvalue weighted by Gasteiger charge is 2.11. The van der Waals surface area contributed by atoms with Gasteiger partial charge in [-0.05, 0) is 18.8 Å². The van der Waals surface area contributed by atoms with Crippen LogP contribution in [0.25, 0.3) is 0 Å². The summed E-state index contributed by atoms with van der Waals surface area (Å²) in [7, 11) is 0. The lowest BCUT2D eigenvalue weighted by molar-refractivity contribution is 0.478. The summed E-state index contributed by atoms with van der Waals surface area (Å²) >= 11 is 0. The Hall–Kier alpha value is 0. The van der Waals surface area contributed by atoms with E-state index in [0.717, 1.165) is 12.3 Å². The molecule has 1 aliphatic rings. The van der Waals surface area contributed by atoms with Crippen molar-refractivity contribution in [2.75, 3.05) is 0 Å². The average molecular weight is 166 g/mol. The van der Waals surface area contributed by atoms with Gasteiger partial charge in [0.15, 0.2) is 0 Å². The third-order valence-electron chi connectivity index (χ3n) is 2.85. The highest BCUT2D eigenvalue weighted by molar-refractivity contribution is 4.79. The van der Waals surface area contributed by atoms with E-state index in [2.05, 4.69) is 13.3 Å². The topological polar surface area (TPSA) is 0 Å². The number of rotatable bonds is 4. The summed E-state index contributed by atoms with van der Waals surface area (Å²) in [4.78, 5) is 0. The average Bonchev–Trinajstić information content (AvgIpc) is 2.33. The fourth-order valence-electron chi connectivity index (χ4n) is 2.04. The van der Waals surface area contributed by atoms with Crippen LogP contribution in [0.4, 0.5) is 0 Å². The molecule has 1 atom stereocenters. The van der Waals surface area contributed by atoms with Crippen LogP contribution in [0.5, 0.6) is 0 Å². The van der Waals surface area contributed by atoms with Gasteiger partial charge >= 0.3 is 0 Å². The van der Waals surface area contributed by atoms with Gasteiger partial charge in [0.25, 0.3) is 0 Å². The molecule has 0 heteroatoms. The molecule has 0 spiro atoms.